The van der Waals surface area contributed by atoms with Crippen LogP contribution >= 0.6 is 0 Å². The van der Waals surface area contributed by atoms with Crippen LogP contribution in [-0.4, -0.2) is 23.1 Å². The topological polar surface area (TPSA) is 107 Å². The van der Waals surface area contributed by atoms with Gasteiger partial charge in [-0.2, -0.15) is 5.10 Å². The summed E-state index contributed by atoms with van der Waals surface area (Å²) in [6, 6.07) is 5.26. The normalized spacial score (nSPS) is 11.6. The summed E-state index contributed by atoms with van der Waals surface area (Å²) in [6.45, 7) is 6.32. The Hall–Kier alpha value is -2.26. The predicted octanol–water partition coefficient (Wildman–Crippen LogP) is 1.91. The number of nitro benzene ring substituents is 1. The van der Waals surface area contributed by atoms with Gasteiger partial charge in [0, 0.05) is 30.4 Å². The molecule has 0 unspecified atom stereocenters. The van der Waals surface area contributed by atoms with Crippen molar-refractivity contribution in [3.05, 3.63) is 51.3 Å². The summed E-state index contributed by atoms with van der Waals surface area (Å²) in [6.07, 6.45) is 0. The number of hydrogen-bond acceptors (Lipinski definition) is 5. The minimum Gasteiger partial charge on any atom is -0.270 e. The number of nitrogens with zero attached hydrogens (tertiary/aromatic N) is 3. The quantitative estimate of drug-likeness (QED) is 0.639. The van der Waals surface area contributed by atoms with E-state index in [1.54, 1.807) is 11.6 Å². The molecule has 1 N–H and O–H groups in total. The number of aryl methyl sites for hydroxylation is 2. The summed E-state index contributed by atoms with van der Waals surface area (Å²) < 4.78 is 29.0. The molecule has 0 fully saturated rings. The van der Waals surface area contributed by atoms with Crippen molar-refractivity contribution < 1.29 is 13.3 Å². The number of benzene rings is 1. The van der Waals surface area contributed by atoms with Crippen molar-refractivity contribution in [1.82, 2.24) is 14.5 Å². The molecule has 1 aromatic heterocycles. The van der Waals surface area contributed by atoms with Crippen LogP contribution in [0.5, 0.6) is 0 Å². The number of rotatable bonds is 6. The van der Waals surface area contributed by atoms with E-state index in [0.717, 1.165) is 17.0 Å². The van der Waals surface area contributed by atoms with Gasteiger partial charge in [0.15, 0.2) is 4.90 Å². The second kappa shape index (κ2) is 6.47. The fourth-order valence-electron chi connectivity index (χ4n) is 2.38. The van der Waals surface area contributed by atoms with Crippen LogP contribution in [0.25, 0.3) is 0 Å². The third-order valence-corrected chi connectivity index (χ3v) is 5.07. The molecule has 2 aromatic rings. The molecule has 0 atom stereocenters. The van der Waals surface area contributed by atoms with E-state index >= 15 is 0 Å². The molecule has 9 heteroatoms. The van der Waals surface area contributed by atoms with Gasteiger partial charge in [-0.3, -0.25) is 14.8 Å². The smallest absolute Gasteiger partial charge is 0.270 e. The lowest BCUT2D eigenvalue weighted by Crippen LogP contribution is -2.24. The molecule has 0 bridgehead atoms. The molecule has 0 radical (unpaired) electrons. The monoisotopic (exact) mass is 338 g/mol. The molecule has 1 aromatic carbocycles. The van der Waals surface area contributed by atoms with Gasteiger partial charge >= 0.3 is 0 Å². The Morgan fingerprint density at radius 3 is 2.52 bits per heavy atom. The number of nitro groups is 1. The van der Waals surface area contributed by atoms with Crippen LogP contribution in [0.15, 0.2) is 29.2 Å². The Bertz CT molecular complexity index is 842. The van der Waals surface area contributed by atoms with E-state index in [1.165, 1.54) is 24.3 Å². The Morgan fingerprint density at radius 2 is 1.96 bits per heavy atom. The molecule has 2 rings (SSSR count). The van der Waals surface area contributed by atoms with Crippen molar-refractivity contribution in [3.63, 3.8) is 0 Å². The van der Waals surface area contributed by atoms with Crippen molar-refractivity contribution in [1.29, 1.82) is 0 Å². The summed E-state index contributed by atoms with van der Waals surface area (Å²) in [7, 11) is -3.99. The molecule has 1 heterocycles. The average molecular weight is 338 g/mol. The average Bonchev–Trinajstić information content (AvgIpc) is 2.79. The molecule has 0 aliphatic rings. The van der Waals surface area contributed by atoms with E-state index in [9.17, 15) is 18.5 Å². The molecule has 8 nitrogen and oxygen atoms in total. The Labute approximate surface area is 134 Å². The van der Waals surface area contributed by atoms with Crippen LogP contribution in [0.1, 0.15) is 23.9 Å². The highest BCUT2D eigenvalue weighted by Crippen LogP contribution is 2.23. The molecule has 0 spiro atoms. The van der Waals surface area contributed by atoms with Gasteiger partial charge in [0.05, 0.1) is 10.6 Å². The molecule has 23 heavy (non-hydrogen) atoms. The fourth-order valence-corrected chi connectivity index (χ4v) is 3.54. The largest absolute Gasteiger partial charge is 0.289 e. The summed E-state index contributed by atoms with van der Waals surface area (Å²) in [5, 5.41) is 15.3. The van der Waals surface area contributed by atoms with Gasteiger partial charge in [0.25, 0.3) is 5.69 Å². The van der Waals surface area contributed by atoms with E-state index in [2.05, 4.69) is 9.82 Å². The first-order valence-corrected chi connectivity index (χ1v) is 8.52. The standard InChI is InChI=1S/C14H18N4O4S/c1-4-17-11(3)12(10(2)16-17)9-15-23(21,22)14-8-6-5-7-13(14)18(19)20/h5-8,15H,4,9H2,1-3H3. The van der Waals surface area contributed by atoms with Crippen molar-refractivity contribution >= 4 is 15.7 Å². The number of nitrogens with one attached hydrogen (secondary N) is 1. The molecule has 0 aliphatic heterocycles. The zero-order valence-electron chi connectivity index (χ0n) is 13.1. The second-order valence-corrected chi connectivity index (χ2v) is 6.75. The predicted molar refractivity (Wildman–Crippen MR) is 84.5 cm³/mol. The summed E-state index contributed by atoms with van der Waals surface area (Å²) in [5.41, 5.74) is 1.93. The molecule has 0 aliphatic carbocycles. The van der Waals surface area contributed by atoms with E-state index in [-0.39, 0.29) is 11.4 Å². The van der Waals surface area contributed by atoms with Crippen LogP contribution in [0.3, 0.4) is 0 Å². The van der Waals surface area contributed by atoms with Crippen molar-refractivity contribution in [2.75, 3.05) is 0 Å². The van der Waals surface area contributed by atoms with Gasteiger partial charge in [0.1, 0.15) is 0 Å². The first-order valence-electron chi connectivity index (χ1n) is 7.04. The van der Waals surface area contributed by atoms with Gasteiger partial charge < -0.3 is 0 Å². The number of sulfonamides is 1. The van der Waals surface area contributed by atoms with E-state index < -0.39 is 20.6 Å². The Kier molecular flexibility index (Phi) is 4.81. The molecule has 0 amide bonds. The van der Waals surface area contributed by atoms with Crippen LogP contribution in [0.2, 0.25) is 0 Å². The summed E-state index contributed by atoms with van der Waals surface area (Å²) in [5.74, 6) is 0. The minimum atomic E-state index is -3.99. The lowest BCUT2D eigenvalue weighted by atomic mass is 10.2. The zero-order valence-corrected chi connectivity index (χ0v) is 13.9. The lowest BCUT2D eigenvalue weighted by molar-refractivity contribution is -0.387. The van der Waals surface area contributed by atoms with E-state index in [0.29, 0.717) is 6.54 Å². The highest BCUT2D eigenvalue weighted by atomic mass is 32.2. The Balaban J connectivity index is 2.30. The van der Waals surface area contributed by atoms with Gasteiger partial charge in [0.2, 0.25) is 10.0 Å². The maximum Gasteiger partial charge on any atom is 0.289 e. The van der Waals surface area contributed by atoms with Crippen molar-refractivity contribution in [2.45, 2.75) is 38.8 Å². The molecule has 0 saturated carbocycles. The van der Waals surface area contributed by atoms with Crippen LogP contribution in [-0.2, 0) is 23.1 Å². The first-order chi connectivity index (χ1) is 10.8. The third-order valence-electron chi connectivity index (χ3n) is 3.62. The molecular formula is C14H18N4O4S. The maximum absolute atomic E-state index is 12.4. The summed E-state index contributed by atoms with van der Waals surface area (Å²) in [4.78, 5) is 9.94. The van der Waals surface area contributed by atoms with Gasteiger partial charge in [-0.05, 0) is 26.8 Å². The molecule has 0 saturated heterocycles. The highest BCUT2D eigenvalue weighted by Gasteiger charge is 2.25. The lowest BCUT2D eigenvalue weighted by Gasteiger charge is -2.08. The molecular weight excluding hydrogens is 320 g/mol. The highest BCUT2D eigenvalue weighted by molar-refractivity contribution is 7.89. The second-order valence-electron chi connectivity index (χ2n) is 5.01. The van der Waals surface area contributed by atoms with Gasteiger partial charge in [-0.25, -0.2) is 13.1 Å². The molecule has 124 valence electrons. The van der Waals surface area contributed by atoms with Crippen LogP contribution in [0.4, 0.5) is 5.69 Å². The number of hydrogen-bond donors (Lipinski definition) is 1. The minimum absolute atomic E-state index is 0.0338. The third kappa shape index (κ3) is 3.40. The maximum atomic E-state index is 12.4. The SMILES string of the molecule is CCn1nc(C)c(CNS(=O)(=O)c2ccccc2[N+](=O)[O-])c1C. The van der Waals surface area contributed by atoms with Crippen LogP contribution in [0, 0.1) is 24.0 Å². The zero-order chi connectivity index (χ0) is 17.2. The fraction of sp³-hybridized carbons (Fsp3) is 0.357. The summed E-state index contributed by atoms with van der Waals surface area (Å²) >= 11 is 0. The Morgan fingerprint density at radius 1 is 1.30 bits per heavy atom. The van der Waals surface area contributed by atoms with Crippen molar-refractivity contribution in [2.24, 2.45) is 0 Å². The van der Waals surface area contributed by atoms with Gasteiger partial charge in [-0.15, -0.1) is 0 Å². The number of para-hydroxylation sites is 1. The van der Waals surface area contributed by atoms with Crippen molar-refractivity contribution in [3.8, 4) is 0 Å². The van der Waals surface area contributed by atoms with Gasteiger partial charge in [-0.1, -0.05) is 12.1 Å². The first kappa shape index (κ1) is 17.1. The van der Waals surface area contributed by atoms with E-state index in [4.69, 9.17) is 0 Å². The van der Waals surface area contributed by atoms with E-state index in [1.807, 2.05) is 13.8 Å². The number of aromatic nitrogens is 2. The van der Waals surface area contributed by atoms with Crippen LogP contribution < -0.4 is 4.72 Å².